The Morgan fingerprint density at radius 2 is 2.13 bits per heavy atom. The molecule has 4 aliphatic rings. The van der Waals surface area contributed by atoms with Gasteiger partial charge in [0.2, 0.25) is 0 Å². The van der Waals surface area contributed by atoms with Crippen LogP contribution in [0.4, 0.5) is 5.69 Å². The van der Waals surface area contributed by atoms with Crippen LogP contribution in [0.1, 0.15) is 30.2 Å². The number of nitrogens with one attached hydrogen (secondary N) is 1. The number of pyridine rings is 1. The highest BCUT2D eigenvalue weighted by Gasteiger charge is 2.38. The number of rotatable bonds is 4. The molecule has 3 saturated heterocycles. The fraction of sp³-hybridized carbons (Fsp3) is 0.346. The lowest BCUT2D eigenvalue weighted by Crippen LogP contribution is -2.53. The summed E-state index contributed by atoms with van der Waals surface area (Å²) in [5.74, 6) is 2.38. The van der Waals surface area contributed by atoms with Gasteiger partial charge in [0.1, 0.15) is 5.75 Å². The van der Waals surface area contributed by atoms with Crippen molar-refractivity contribution in [2.45, 2.75) is 31.5 Å². The van der Waals surface area contributed by atoms with Crippen LogP contribution in [0.5, 0.6) is 5.75 Å². The largest absolute Gasteiger partial charge is 0.464 e. The van der Waals surface area contributed by atoms with Crippen LogP contribution < -0.4 is 10.1 Å². The summed E-state index contributed by atoms with van der Waals surface area (Å²) in [5, 5.41) is 4.74. The van der Waals surface area contributed by atoms with Crippen LogP contribution in [0.3, 0.4) is 0 Å². The number of piperidine rings is 3. The first-order valence-electron chi connectivity index (χ1n) is 11.0. The Balaban J connectivity index is 1.29. The summed E-state index contributed by atoms with van der Waals surface area (Å²) in [7, 11) is 0. The third kappa shape index (κ3) is 2.98. The Kier molecular flexibility index (Phi) is 4.27. The number of ether oxygens (including phenoxy) is 1. The minimum absolute atomic E-state index is 0.150. The van der Waals surface area contributed by atoms with Gasteiger partial charge in [-0.1, -0.05) is 24.3 Å². The Bertz CT molecular complexity index is 1090. The van der Waals surface area contributed by atoms with Gasteiger partial charge in [-0.05, 0) is 73.5 Å². The predicted molar refractivity (Wildman–Crippen MR) is 121 cm³/mol. The van der Waals surface area contributed by atoms with Gasteiger partial charge in [0.15, 0.2) is 6.23 Å². The first-order valence-corrected chi connectivity index (χ1v) is 11.0. The highest BCUT2D eigenvalue weighted by atomic mass is 16.5. The van der Waals surface area contributed by atoms with E-state index >= 15 is 0 Å². The molecule has 2 aromatic carbocycles. The number of benzene rings is 2. The molecule has 30 heavy (non-hydrogen) atoms. The SMILES string of the molecule is C=CC1CN2CCC1CC2Cc1ccnc2ccc([C@@H]3Nc4ccccc4O3)cc12. The molecule has 7 rings (SSSR count). The van der Waals surface area contributed by atoms with Gasteiger partial charge >= 0.3 is 0 Å². The zero-order valence-corrected chi connectivity index (χ0v) is 17.1. The Labute approximate surface area is 177 Å². The van der Waals surface area contributed by atoms with Crippen molar-refractivity contribution in [2.75, 3.05) is 18.4 Å². The van der Waals surface area contributed by atoms with Crippen LogP contribution in [-0.4, -0.2) is 29.0 Å². The average Bonchev–Trinajstić information content (AvgIpc) is 3.24. The molecule has 1 aromatic heterocycles. The molecular weight excluding hydrogens is 370 g/mol. The molecule has 0 aliphatic carbocycles. The molecule has 3 aromatic rings. The normalized spacial score (nSPS) is 29.3. The van der Waals surface area contributed by atoms with Crippen LogP contribution in [-0.2, 0) is 6.42 Å². The summed E-state index contributed by atoms with van der Waals surface area (Å²) in [4.78, 5) is 7.31. The summed E-state index contributed by atoms with van der Waals surface area (Å²) in [6, 6.07) is 17.5. The van der Waals surface area contributed by atoms with Crippen molar-refractivity contribution < 1.29 is 4.74 Å². The molecule has 4 nitrogen and oxygen atoms in total. The summed E-state index contributed by atoms with van der Waals surface area (Å²) >= 11 is 0. The Hall–Kier alpha value is -2.85. The molecule has 5 heterocycles. The van der Waals surface area contributed by atoms with Crippen molar-refractivity contribution in [3.8, 4) is 5.75 Å². The van der Waals surface area contributed by atoms with Crippen molar-refractivity contribution in [3.63, 3.8) is 0 Å². The molecule has 1 N–H and O–H groups in total. The second kappa shape index (κ2) is 7.13. The summed E-state index contributed by atoms with van der Waals surface area (Å²) in [5.41, 5.74) is 4.65. The van der Waals surface area contributed by atoms with E-state index in [1.165, 1.54) is 36.9 Å². The highest BCUT2D eigenvalue weighted by molar-refractivity contribution is 5.83. The van der Waals surface area contributed by atoms with E-state index in [-0.39, 0.29) is 6.23 Å². The zero-order chi connectivity index (χ0) is 20.1. The molecule has 2 bridgehead atoms. The van der Waals surface area contributed by atoms with E-state index < -0.39 is 0 Å². The molecule has 0 radical (unpaired) electrons. The average molecular weight is 398 g/mol. The van der Waals surface area contributed by atoms with E-state index in [0.717, 1.165) is 34.9 Å². The fourth-order valence-corrected chi connectivity index (χ4v) is 5.61. The van der Waals surface area contributed by atoms with Crippen molar-refractivity contribution in [1.82, 2.24) is 9.88 Å². The molecule has 5 atom stereocenters. The van der Waals surface area contributed by atoms with E-state index in [4.69, 9.17) is 4.74 Å². The predicted octanol–water partition coefficient (Wildman–Crippen LogP) is 5.18. The summed E-state index contributed by atoms with van der Waals surface area (Å²) < 4.78 is 6.15. The lowest BCUT2D eigenvalue weighted by atomic mass is 9.74. The monoisotopic (exact) mass is 397 g/mol. The van der Waals surface area contributed by atoms with Crippen LogP contribution in [0, 0.1) is 11.8 Å². The van der Waals surface area contributed by atoms with E-state index in [2.05, 4.69) is 58.2 Å². The second-order valence-corrected chi connectivity index (χ2v) is 8.92. The Morgan fingerprint density at radius 3 is 2.97 bits per heavy atom. The van der Waals surface area contributed by atoms with Crippen LogP contribution in [0.15, 0.2) is 67.4 Å². The first kappa shape index (κ1) is 18.0. The maximum atomic E-state index is 6.15. The number of hydrogen-bond donors (Lipinski definition) is 1. The smallest absolute Gasteiger partial charge is 0.196 e. The summed E-state index contributed by atoms with van der Waals surface area (Å²) in [6.07, 6.45) is 7.67. The number of anilines is 1. The Morgan fingerprint density at radius 1 is 1.20 bits per heavy atom. The first-order chi connectivity index (χ1) is 14.8. The number of hydrogen-bond acceptors (Lipinski definition) is 4. The maximum Gasteiger partial charge on any atom is 0.196 e. The van der Waals surface area contributed by atoms with Gasteiger partial charge in [-0.3, -0.25) is 9.88 Å². The highest BCUT2D eigenvalue weighted by Crippen LogP contribution is 2.40. The topological polar surface area (TPSA) is 37.4 Å². The summed E-state index contributed by atoms with van der Waals surface area (Å²) in [6.45, 7) is 6.46. The standard InChI is InChI=1S/C26H27N3O/c1-2-17-16-29-12-10-18(17)13-21(29)14-19-9-11-27-23-8-7-20(15-22(19)23)26-28-24-5-3-4-6-25(24)30-26/h2-9,11,15,17-18,21,26,28H,1,10,12-14,16H2/t17?,18?,21?,26-/m1/s1. The molecule has 0 amide bonds. The van der Waals surface area contributed by atoms with Crippen LogP contribution in [0.2, 0.25) is 0 Å². The fourth-order valence-electron chi connectivity index (χ4n) is 5.61. The van der Waals surface area contributed by atoms with Crippen molar-refractivity contribution >= 4 is 16.6 Å². The van der Waals surface area contributed by atoms with Gasteiger partial charge in [-0.25, -0.2) is 0 Å². The minimum atomic E-state index is -0.150. The number of para-hydroxylation sites is 2. The number of nitrogens with zero attached hydrogens (tertiary/aromatic N) is 2. The molecule has 152 valence electrons. The van der Waals surface area contributed by atoms with Gasteiger partial charge in [0.25, 0.3) is 0 Å². The van der Waals surface area contributed by atoms with Crippen molar-refractivity contribution in [2.24, 2.45) is 11.8 Å². The molecule has 3 fully saturated rings. The van der Waals surface area contributed by atoms with E-state index in [1.807, 2.05) is 24.4 Å². The molecule has 0 spiro atoms. The maximum absolute atomic E-state index is 6.15. The third-order valence-electron chi connectivity index (χ3n) is 7.26. The van der Waals surface area contributed by atoms with Gasteiger partial charge in [-0.2, -0.15) is 0 Å². The van der Waals surface area contributed by atoms with Crippen LogP contribution in [0.25, 0.3) is 10.9 Å². The second-order valence-electron chi connectivity index (χ2n) is 8.92. The molecule has 0 saturated carbocycles. The van der Waals surface area contributed by atoms with Crippen molar-refractivity contribution in [1.29, 1.82) is 0 Å². The number of aromatic nitrogens is 1. The minimum Gasteiger partial charge on any atom is -0.464 e. The quantitative estimate of drug-likeness (QED) is 0.616. The van der Waals surface area contributed by atoms with E-state index in [9.17, 15) is 0 Å². The van der Waals surface area contributed by atoms with Gasteiger partial charge in [0.05, 0.1) is 11.2 Å². The van der Waals surface area contributed by atoms with Gasteiger partial charge in [-0.15, -0.1) is 6.58 Å². The molecule has 4 unspecified atom stereocenters. The van der Waals surface area contributed by atoms with E-state index in [0.29, 0.717) is 12.0 Å². The molecular formula is C26H27N3O. The lowest BCUT2D eigenvalue weighted by molar-refractivity contribution is 0.0196. The van der Waals surface area contributed by atoms with Crippen LogP contribution >= 0.6 is 0 Å². The molecule has 4 aliphatic heterocycles. The molecule has 4 heteroatoms. The number of fused-ring (bicyclic) bond motifs is 5. The van der Waals surface area contributed by atoms with Gasteiger partial charge in [0, 0.05) is 29.7 Å². The van der Waals surface area contributed by atoms with Crippen molar-refractivity contribution in [3.05, 3.63) is 78.5 Å². The third-order valence-corrected chi connectivity index (χ3v) is 7.26. The zero-order valence-electron chi connectivity index (χ0n) is 17.1. The lowest BCUT2D eigenvalue weighted by Gasteiger charge is -2.49. The van der Waals surface area contributed by atoms with Gasteiger partial charge < -0.3 is 10.1 Å². The van der Waals surface area contributed by atoms with E-state index in [1.54, 1.807) is 0 Å².